The van der Waals surface area contributed by atoms with Crippen molar-refractivity contribution in [2.75, 3.05) is 33.4 Å². The molecule has 1 unspecified atom stereocenters. The van der Waals surface area contributed by atoms with E-state index in [4.69, 9.17) is 10.00 Å². The van der Waals surface area contributed by atoms with Gasteiger partial charge in [-0.3, -0.25) is 9.69 Å². The van der Waals surface area contributed by atoms with Gasteiger partial charge in [-0.1, -0.05) is 0 Å². The summed E-state index contributed by atoms with van der Waals surface area (Å²) in [4.78, 5) is 13.4. The maximum Gasteiger partial charge on any atom is 0.239 e. The molecular formula is C9H15N3O2. The molecule has 5 nitrogen and oxygen atoms in total. The molecule has 5 heteroatoms. The number of nitriles is 1. The Morgan fingerprint density at radius 2 is 2.57 bits per heavy atom. The van der Waals surface area contributed by atoms with Crippen LogP contribution in [0.3, 0.4) is 0 Å². The second kappa shape index (κ2) is 5.58. The lowest BCUT2D eigenvalue weighted by molar-refractivity contribution is -0.131. The zero-order valence-corrected chi connectivity index (χ0v) is 8.32. The molecule has 0 aromatic heterocycles. The van der Waals surface area contributed by atoms with Gasteiger partial charge >= 0.3 is 0 Å². The van der Waals surface area contributed by atoms with Crippen LogP contribution in [0.25, 0.3) is 0 Å². The topological polar surface area (TPSA) is 65.4 Å². The molecule has 1 aliphatic heterocycles. The molecule has 1 rings (SSSR count). The van der Waals surface area contributed by atoms with Gasteiger partial charge in [-0.15, -0.1) is 0 Å². The molecule has 1 fully saturated rings. The molecule has 0 aromatic rings. The third-order valence-electron chi connectivity index (χ3n) is 2.30. The van der Waals surface area contributed by atoms with Crippen LogP contribution in [0.2, 0.25) is 0 Å². The van der Waals surface area contributed by atoms with E-state index in [0.717, 1.165) is 6.54 Å². The highest BCUT2D eigenvalue weighted by atomic mass is 16.5. The molecule has 0 aromatic carbocycles. The molecule has 1 aliphatic rings. The van der Waals surface area contributed by atoms with Crippen molar-refractivity contribution >= 4 is 5.91 Å². The van der Waals surface area contributed by atoms with E-state index in [1.165, 1.54) is 0 Å². The third kappa shape index (κ3) is 2.69. The van der Waals surface area contributed by atoms with Crippen molar-refractivity contribution in [1.82, 2.24) is 10.2 Å². The fourth-order valence-corrected chi connectivity index (χ4v) is 1.51. The number of likely N-dealkylation sites (N-methyl/N-ethyl adjacent to an activating group) is 1. The summed E-state index contributed by atoms with van der Waals surface area (Å²) in [7, 11) is 1.61. The van der Waals surface area contributed by atoms with Crippen LogP contribution in [0.5, 0.6) is 0 Å². The van der Waals surface area contributed by atoms with Crippen LogP contribution in [-0.2, 0) is 9.53 Å². The number of carbonyl (C=O) groups is 1. The third-order valence-corrected chi connectivity index (χ3v) is 2.30. The highest BCUT2D eigenvalue weighted by Crippen LogP contribution is 2.07. The Bertz CT molecular complexity index is 237. The van der Waals surface area contributed by atoms with Crippen molar-refractivity contribution in [1.29, 1.82) is 5.26 Å². The van der Waals surface area contributed by atoms with E-state index < -0.39 is 0 Å². The number of hydrogen-bond acceptors (Lipinski definition) is 4. The summed E-state index contributed by atoms with van der Waals surface area (Å²) < 4.78 is 5.23. The second-order valence-electron chi connectivity index (χ2n) is 3.15. The Morgan fingerprint density at radius 3 is 3.21 bits per heavy atom. The summed E-state index contributed by atoms with van der Waals surface area (Å²) in [5.74, 6) is -0.0392. The molecule has 0 radical (unpaired) electrons. The summed E-state index contributed by atoms with van der Waals surface area (Å²) >= 11 is 0. The summed E-state index contributed by atoms with van der Waals surface area (Å²) in [6.07, 6.45) is 0.452. The van der Waals surface area contributed by atoms with E-state index in [1.54, 1.807) is 7.05 Å². The van der Waals surface area contributed by atoms with Gasteiger partial charge in [0.25, 0.3) is 0 Å². The second-order valence-corrected chi connectivity index (χ2v) is 3.15. The van der Waals surface area contributed by atoms with Gasteiger partial charge in [0.2, 0.25) is 5.91 Å². The van der Waals surface area contributed by atoms with Gasteiger partial charge in [0.15, 0.2) is 0 Å². The van der Waals surface area contributed by atoms with Crippen molar-refractivity contribution in [3.63, 3.8) is 0 Å². The number of ether oxygens (including phenoxy) is 1. The zero-order chi connectivity index (χ0) is 10.4. The van der Waals surface area contributed by atoms with Crippen LogP contribution in [0, 0.1) is 11.3 Å². The SMILES string of the molecule is CNC(=O)C1COCCN1CCC#N. The first kappa shape index (κ1) is 11.0. The minimum atomic E-state index is -0.234. The van der Waals surface area contributed by atoms with Crippen LogP contribution in [0.15, 0.2) is 0 Å². The Labute approximate surface area is 83.6 Å². The van der Waals surface area contributed by atoms with E-state index in [0.29, 0.717) is 26.2 Å². The number of hydrogen-bond donors (Lipinski definition) is 1. The van der Waals surface area contributed by atoms with Gasteiger partial charge in [0, 0.05) is 26.6 Å². The predicted octanol–water partition coefficient (Wildman–Crippen LogP) is -0.653. The van der Waals surface area contributed by atoms with Crippen molar-refractivity contribution in [2.24, 2.45) is 0 Å². The molecule has 1 amide bonds. The van der Waals surface area contributed by atoms with Crippen molar-refractivity contribution < 1.29 is 9.53 Å². The zero-order valence-electron chi connectivity index (χ0n) is 8.32. The number of amides is 1. The van der Waals surface area contributed by atoms with Gasteiger partial charge in [-0.2, -0.15) is 5.26 Å². The number of carbonyl (C=O) groups excluding carboxylic acids is 1. The predicted molar refractivity (Wildman–Crippen MR) is 50.5 cm³/mol. The maximum absolute atomic E-state index is 11.4. The van der Waals surface area contributed by atoms with E-state index in [-0.39, 0.29) is 11.9 Å². The van der Waals surface area contributed by atoms with Crippen LogP contribution >= 0.6 is 0 Å². The smallest absolute Gasteiger partial charge is 0.239 e. The Hall–Kier alpha value is -1.12. The first-order valence-electron chi connectivity index (χ1n) is 4.70. The van der Waals surface area contributed by atoms with E-state index in [9.17, 15) is 4.79 Å². The average molecular weight is 197 g/mol. The molecule has 0 bridgehead atoms. The van der Waals surface area contributed by atoms with Crippen LogP contribution < -0.4 is 5.32 Å². The van der Waals surface area contributed by atoms with E-state index in [1.807, 2.05) is 4.90 Å². The van der Waals surface area contributed by atoms with Crippen LogP contribution in [-0.4, -0.2) is 50.2 Å². The van der Waals surface area contributed by atoms with Crippen molar-refractivity contribution in [3.05, 3.63) is 0 Å². The number of nitrogens with one attached hydrogen (secondary N) is 1. The minimum Gasteiger partial charge on any atom is -0.378 e. The molecule has 0 saturated carbocycles. The van der Waals surface area contributed by atoms with Crippen molar-refractivity contribution in [2.45, 2.75) is 12.5 Å². The largest absolute Gasteiger partial charge is 0.378 e. The first-order chi connectivity index (χ1) is 6.79. The highest BCUT2D eigenvalue weighted by Gasteiger charge is 2.27. The molecule has 0 aliphatic carbocycles. The molecule has 0 spiro atoms. The molecule has 1 saturated heterocycles. The van der Waals surface area contributed by atoms with Gasteiger partial charge in [-0.25, -0.2) is 0 Å². The Kier molecular flexibility index (Phi) is 4.36. The lowest BCUT2D eigenvalue weighted by atomic mass is 10.2. The normalized spacial score (nSPS) is 22.7. The number of rotatable bonds is 3. The standard InChI is InChI=1S/C9H15N3O2/c1-11-9(13)8-7-14-6-5-12(8)4-2-3-10/h8H,2,4-7H2,1H3,(H,11,13). The molecule has 78 valence electrons. The van der Waals surface area contributed by atoms with E-state index >= 15 is 0 Å². The number of morpholine rings is 1. The molecule has 1 atom stereocenters. The molecule has 14 heavy (non-hydrogen) atoms. The average Bonchev–Trinajstić information content (AvgIpc) is 2.25. The lowest BCUT2D eigenvalue weighted by Gasteiger charge is -2.33. The molecular weight excluding hydrogens is 182 g/mol. The minimum absolute atomic E-state index is 0.0392. The summed E-state index contributed by atoms with van der Waals surface area (Å²) in [5.41, 5.74) is 0. The fraction of sp³-hybridized carbons (Fsp3) is 0.778. The first-order valence-corrected chi connectivity index (χ1v) is 4.70. The monoisotopic (exact) mass is 197 g/mol. The summed E-state index contributed by atoms with van der Waals surface area (Å²) in [5, 5.41) is 11.1. The van der Waals surface area contributed by atoms with Crippen molar-refractivity contribution in [3.8, 4) is 6.07 Å². The highest BCUT2D eigenvalue weighted by molar-refractivity contribution is 5.81. The fourth-order valence-electron chi connectivity index (χ4n) is 1.51. The quantitative estimate of drug-likeness (QED) is 0.652. The van der Waals surface area contributed by atoms with Gasteiger partial charge in [0.1, 0.15) is 6.04 Å². The van der Waals surface area contributed by atoms with Gasteiger partial charge in [0.05, 0.1) is 19.3 Å². The van der Waals surface area contributed by atoms with Crippen LogP contribution in [0.1, 0.15) is 6.42 Å². The molecule has 1 heterocycles. The van der Waals surface area contributed by atoms with Gasteiger partial charge < -0.3 is 10.1 Å². The maximum atomic E-state index is 11.4. The lowest BCUT2D eigenvalue weighted by Crippen LogP contribution is -2.53. The summed E-state index contributed by atoms with van der Waals surface area (Å²) in [6, 6.07) is 1.84. The molecule has 1 N–H and O–H groups in total. The Morgan fingerprint density at radius 1 is 1.79 bits per heavy atom. The Balaban J connectivity index is 2.50. The summed E-state index contributed by atoms with van der Waals surface area (Å²) in [6.45, 7) is 2.42. The number of nitrogens with zero attached hydrogens (tertiary/aromatic N) is 2. The van der Waals surface area contributed by atoms with E-state index in [2.05, 4.69) is 11.4 Å². The van der Waals surface area contributed by atoms with Crippen LogP contribution in [0.4, 0.5) is 0 Å². The van der Waals surface area contributed by atoms with Gasteiger partial charge in [-0.05, 0) is 0 Å².